The molecule has 0 saturated heterocycles. The first-order valence-corrected chi connectivity index (χ1v) is 23.7. The van der Waals surface area contributed by atoms with Crippen LogP contribution in [0.5, 0.6) is 0 Å². The second-order valence-corrected chi connectivity index (χ2v) is 16.4. The summed E-state index contributed by atoms with van der Waals surface area (Å²) in [5.74, 6) is -0.815. The first-order valence-electron chi connectivity index (χ1n) is 22.2. The Labute approximate surface area is 332 Å². The van der Waals surface area contributed by atoms with Gasteiger partial charge in [0.25, 0.3) is 0 Å². The maximum atomic E-state index is 12.7. The molecule has 0 fully saturated rings. The first kappa shape index (κ1) is 52.5. The molecule has 0 radical (unpaired) electrons. The lowest BCUT2D eigenvalue weighted by Gasteiger charge is -2.20. The highest BCUT2D eigenvalue weighted by Gasteiger charge is 2.26. The van der Waals surface area contributed by atoms with E-state index in [0.717, 1.165) is 77.2 Å². The number of phosphoric acid groups is 1. The van der Waals surface area contributed by atoms with Crippen LogP contribution in [0.15, 0.2) is 24.3 Å². The minimum absolute atomic E-state index is 0.0169. The van der Waals surface area contributed by atoms with Crippen molar-refractivity contribution in [3.8, 4) is 0 Å². The summed E-state index contributed by atoms with van der Waals surface area (Å²) < 4.78 is 33.6. The number of ether oxygens (including phenoxy) is 2. The predicted molar refractivity (Wildman–Crippen MR) is 225 cm³/mol. The Morgan fingerprint density at radius 1 is 0.574 bits per heavy atom. The van der Waals surface area contributed by atoms with Crippen LogP contribution in [0.2, 0.25) is 0 Å². The maximum absolute atomic E-state index is 12.7. The van der Waals surface area contributed by atoms with Crippen molar-refractivity contribution in [1.29, 1.82) is 0 Å². The molecule has 0 aliphatic carbocycles. The fraction of sp³-hybridized carbons (Fsp3) is 0.864. The summed E-state index contributed by atoms with van der Waals surface area (Å²) in [6, 6.07) is 0. The first-order chi connectivity index (χ1) is 26.2. The quantitative estimate of drug-likeness (QED) is 0.0280. The molecule has 0 saturated carbocycles. The minimum Gasteiger partial charge on any atom is -0.462 e. The van der Waals surface area contributed by atoms with E-state index in [0.29, 0.717) is 13.0 Å². The van der Waals surface area contributed by atoms with E-state index in [4.69, 9.17) is 18.5 Å². The Bertz CT molecular complexity index is 959. The number of phosphoric ester groups is 1. The molecule has 0 rings (SSSR count). The number of hydrogen-bond donors (Lipinski definition) is 1. The van der Waals surface area contributed by atoms with Gasteiger partial charge in [-0.25, -0.2) is 4.57 Å². The number of nitrogens with zero attached hydrogens (tertiary/aromatic N) is 1. The van der Waals surface area contributed by atoms with E-state index in [1.165, 1.54) is 89.9 Å². The SMILES string of the molecule is CCCCCCCC/C=C\CCCCCCCC(=O)OCC(COP(=O)(O)OCCN(C)CC)OC(=O)CCCCCCC/C=C\CCCCCCCC. The lowest BCUT2D eigenvalue weighted by atomic mass is 10.1. The lowest BCUT2D eigenvalue weighted by molar-refractivity contribution is -0.161. The zero-order valence-corrected chi connectivity index (χ0v) is 36.3. The van der Waals surface area contributed by atoms with E-state index in [1.54, 1.807) is 0 Å². The van der Waals surface area contributed by atoms with Gasteiger partial charge in [0.15, 0.2) is 6.10 Å². The van der Waals surface area contributed by atoms with Crippen LogP contribution in [0.4, 0.5) is 0 Å². The van der Waals surface area contributed by atoms with Gasteiger partial charge in [-0.05, 0) is 77.8 Å². The molecule has 0 aromatic heterocycles. The Balaban J connectivity index is 4.37. The van der Waals surface area contributed by atoms with Crippen molar-refractivity contribution in [3.05, 3.63) is 24.3 Å². The van der Waals surface area contributed by atoms with Crippen LogP contribution >= 0.6 is 7.82 Å². The van der Waals surface area contributed by atoms with Crippen LogP contribution in [-0.4, -0.2) is 67.8 Å². The van der Waals surface area contributed by atoms with Crippen LogP contribution < -0.4 is 0 Å². The molecule has 0 spiro atoms. The van der Waals surface area contributed by atoms with Crippen molar-refractivity contribution < 1.29 is 37.6 Å². The average Bonchev–Trinajstić information content (AvgIpc) is 3.15. The molecule has 54 heavy (non-hydrogen) atoms. The summed E-state index contributed by atoms with van der Waals surface area (Å²) in [5, 5.41) is 0. The van der Waals surface area contributed by atoms with Crippen molar-refractivity contribution in [2.45, 2.75) is 207 Å². The van der Waals surface area contributed by atoms with Gasteiger partial charge in [-0.2, -0.15) is 0 Å². The van der Waals surface area contributed by atoms with Gasteiger partial charge in [0.1, 0.15) is 6.61 Å². The number of allylic oxidation sites excluding steroid dienone is 4. The van der Waals surface area contributed by atoms with Gasteiger partial charge in [0.2, 0.25) is 0 Å². The Morgan fingerprint density at radius 3 is 1.43 bits per heavy atom. The Hall–Kier alpha value is -1.51. The van der Waals surface area contributed by atoms with Gasteiger partial charge in [0.05, 0.1) is 13.2 Å². The molecule has 0 aromatic carbocycles. The molecule has 0 bridgehead atoms. The van der Waals surface area contributed by atoms with Gasteiger partial charge < -0.3 is 19.3 Å². The van der Waals surface area contributed by atoms with E-state index in [-0.39, 0.29) is 32.0 Å². The zero-order chi connectivity index (χ0) is 39.8. The van der Waals surface area contributed by atoms with Crippen molar-refractivity contribution in [3.63, 3.8) is 0 Å². The van der Waals surface area contributed by atoms with Gasteiger partial charge in [-0.1, -0.05) is 148 Å². The second kappa shape index (κ2) is 39.7. The fourth-order valence-electron chi connectivity index (χ4n) is 5.98. The fourth-order valence-corrected chi connectivity index (χ4v) is 6.73. The van der Waals surface area contributed by atoms with Crippen molar-refractivity contribution in [2.75, 3.05) is 40.0 Å². The van der Waals surface area contributed by atoms with E-state index < -0.39 is 26.5 Å². The molecule has 0 aliphatic heterocycles. The third-order valence-corrected chi connectivity index (χ3v) is 10.7. The van der Waals surface area contributed by atoms with E-state index >= 15 is 0 Å². The average molecular weight is 786 g/mol. The highest BCUT2D eigenvalue weighted by atomic mass is 31.2. The molecular weight excluding hydrogens is 701 g/mol. The summed E-state index contributed by atoms with van der Waals surface area (Å²) in [4.78, 5) is 37.2. The molecule has 2 atom stereocenters. The van der Waals surface area contributed by atoms with Crippen molar-refractivity contribution in [1.82, 2.24) is 4.90 Å². The molecule has 0 heterocycles. The Morgan fingerprint density at radius 2 is 0.981 bits per heavy atom. The van der Waals surface area contributed by atoms with Crippen molar-refractivity contribution in [2.24, 2.45) is 0 Å². The van der Waals surface area contributed by atoms with Gasteiger partial charge in [-0.15, -0.1) is 0 Å². The normalized spacial score (nSPS) is 13.6. The zero-order valence-electron chi connectivity index (χ0n) is 35.4. The third kappa shape index (κ3) is 38.8. The van der Waals surface area contributed by atoms with Crippen LogP contribution in [-0.2, 0) is 32.7 Å². The van der Waals surface area contributed by atoms with Crippen LogP contribution in [0.3, 0.4) is 0 Å². The number of hydrogen-bond acceptors (Lipinski definition) is 8. The van der Waals surface area contributed by atoms with Gasteiger partial charge >= 0.3 is 19.8 Å². The molecule has 2 unspecified atom stereocenters. The third-order valence-electron chi connectivity index (χ3n) is 9.70. The summed E-state index contributed by atoms with van der Waals surface area (Å²) in [7, 11) is -2.49. The number of carbonyl (C=O) groups excluding carboxylic acids is 2. The topological polar surface area (TPSA) is 112 Å². The van der Waals surface area contributed by atoms with E-state index in [1.807, 2.05) is 18.9 Å². The van der Waals surface area contributed by atoms with Crippen LogP contribution in [0.25, 0.3) is 0 Å². The largest absolute Gasteiger partial charge is 0.472 e. The molecule has 10 heteroatoms. The maximum Gasteiger partial charge on any atom is 0.472 e. The van der Waals surface area contributed by atoms with E-state index in [9.17, 15) is 19.0 Å². The molecule has 9 nitrogen and oxygen atoms in total. The molecule has 318 valence electrons. The highest BCUT2D eigenvalue weighted by molar-refractivity contribution is 7.47. The highest BCUT2D eigenvalue weighted by Crippen LogP contribution is 2.43. The van der Waals surface area contributed by atoms with Gasteiger partial charge in [-0.3, -0.25) is 18.6 Å². The van der Waals surface area contributed by atoms with Crippen LogP contribution in [0, 0.1) is 0 Å². The smallest absolute Gasteiger partial charge is 0.462 e. The summed E-state index contributed by atoms with van der Waals surface area (Å²) in [6.45, 7) is 7.09. The predicted octanol–water partition coefficient (Wildman–Crippen LogP) is 12.6. The number of likely N-dealkylation sites (N-methyl/N-ethyl adjacent to an activating group) is 1. The summed E-state index contributed by atoms with van der Waals surface area (Å²) in [6.07, 6.45) is 39.3. The second-order valence-electron chi connectivity index (χ2n) is 15.0. The lowest BCUT2D eigenvalue weighted by Crippen LogP contribution is -2.29. The molecule has 0 aliphatic rings. The number of rotatable bonds is 41. The van der Waals surface area contributed by atoms with Crippen LogP contribution in [0.1, 0.15) is 201 Å². The molecule has 1 N–H and O–H groups in total. The summed E-state index contributed by atoms with van der Waals surface area (Å²) >= 11 is 0. The minimum atomic E-state index is -4.37. The molecular formula is C44H84NO8P. The standard InChI is InChI=1S/C44H84NO8P/c1-5-8-10-12-14-16-18-20-22-24-26-28-30-32-34-36-43(46)50-40-42(41-52-54(48,49)51-39-38-45(4)7-3)53-44(47)37-35-33-31-29-27-25-23-21-19-17-15-13-11-9-6-2/h20-23,42H,5-19,24-41H2,1-4H3,(H,48,49)/b22-20-,23-21-. The Kier molecular flexibility index (Phi) is 38.6. The number of esters is 2. The van der Waals surface area contributed by atoms with E-state index in [2.05, 4.69) is 38.2 Å². The molecule has 0 amide bonds. The van der Waals surface area contributed by atoms with Crippen molar-refractivity contribution >= 4 is 19.8 Å². The number of unbranched alkanes of at least 4 members (excludes halogenated alkanes) is 22. The summed E-state index contributed by atoms with van der Waals surface area (Å²) in [5.41, 5.74) is 0. The molecule has 0 aromatic rings. The number of carbonyl (C=O) groups is 2. The van der Waals surface area contributed by atoms with Gasteiger partial charge in [0, 0.05) is 19.4 Å². The monoisotopic (exact) mass is 786 g/mol.